The molecule has 2 rings (SSSR count). The fourth-order valence-electron chi connectivity index (χ4n) is 3.41. The fraction of sp³-hybridized carbons (Fsp3) is 0.938. The highest BCUT2D eigenvalue weighted by molar-refractivity contribution is 5.85. The molecule has 2 unspecified atom stereocenters. The van der Waals surface area contributed by atoms with Crippen LogP contribution in [-0.4, -0.2) is 56.4 Å². The molecule has 0 aromatic heterocycles. The maximum absolute atomic E-state index is 12.5. The molecule has 0 radical (unpaired) electrons. The largest absolute Gasteiger partial charge is 0.385 e. The van der Waals surface area contributed by atoms with Crippen LogP contribution in [0.4, 0.5) is 0 Å². The topological polar surface area (TPSA) is 64.8 Å². The molecule has 2 fully saturated rings. The lowest BCUT2D eigenvalue weighted by Crippen LogP contribution is -2.45. The van der Waals surface area contributed by atoms with Gasteiger partial charge in [-0.3, -0.25) is 4.79 Å². The van der Waals surface area contributed by atoms with Crippen molar-refractivity contribution in [3.63, 3.8) is 0 Å². The Kier molecular flexibility index (Phi) is 9.33. The van der Waals surface area contributed by atoms with Crippen molar-refractivity contribution >= 4 is 18.3 Å². The number of likely N-dealkylation sites (tertiary alicyclic amines) is 1. The lowest BCUT2D eigenvalue weighted by molar-refractivity contribution is -0.139. The molecular weight excluding hydrogens is 304 g/mol. The van der Waals surface area contributed by atoms with Crippen LogP contribution < -0.4 is 5.73 Å². The van der Waals surface area contributed by atoms with Crippen molar-refractivity contribution < 1.29 is 14.3 Å². The first-order valence-corrected chi connectivity index (χ1v) is 8.35. The third-order valence-corrected chi connectivity index (χ3v) is 4.66. The molecule has 1 heterocycles. The van der Waals surface area contributed by atoms with Crippen LogP contribution in [0.15, 0.2) is 0 Å². The van der Waals surface area contributed by atoms with Gasteiger partial charge in [0, 0.05) is 45.4 Å². The molecule has 0 spiro atoms. The number of piperidine rings is 1. The van der Waals surface area contributed by atoms with Crippen molar-refractivity contribution in [2.75, 3.05) is 33.4 Å². The maximum atomic E-state index is 12.5. The molecule has 0 bridgehead atoms. The SMILES string of the molecule is COCCCOC1CCN(C(=O)C2CCCC(N)C2)CC1.Cl. The van der Waals surface area contributed by atoms with E-state index in [1.807, 2.05) is 4.90 Å². The summed E-state index contributed by atoms with van der Waals surface area (Å²) >= 11 is 0. The summed E-state index contributed by atoms with van der Waals surface area (Å²) in [6, 6.07) is 0.217. The molecule has 1 saturated carbocycles. The minimum Gasteiger partial charge on any atom is -0.385 e. The second kappa shape index (κ2) is 10.4. The Morgan fingerprint density at radius 1 is 1.18 bits per heavy atom. The van der Waals surface area contributed by atoms with Crippen LogP contribution in [0.5, 0.6) is 0 Å². The van der Waals surface area contributed by atoms with E-state index in [2.05, 4.69) is 0 Å². The monoisotopic (exact) mass is 334 g/mol. The molecule has 0 aromatic rings. The van der Waals surface area contributed by atoms with Gasteiger partial charge < -0.3 is 20.1 Å². The maximum Gasteiger partial charge on any atom is 0.225 e. The average molecular weight is 335 g/mol. The first-order chi connectivity index (χ1) is 10.2. The second-order valence-corrected chi connectivity index (χ2v) is 6.37. The normalized spacial score (nSPS) is 26.5. The standard InChI is InChI=1S/C16H30N2O3.ClH/c1-20-10-3-11-21-15-6-8-18(9-7-15)16(19)13-4-2-5-14(17)12-13;/h13-15H,2-12,17H2,1H3;1H. The molecule has 6 heteroatoms. The number of ether oxygens (including phenoxy) is 2. The van der Waals surface area contributed by atoms with E-state index >= 15 is 0 Å². The molecule has 1 aliphatic heterocycles. The van der Waals surface area contributed by atoms with Crippen LogP contribution in [0, 0.1) is 5.92 Å². The van der Waals surface area contributed by atoms with Gasteiger partial charge in [-0.15, -0.1) is 12.4 Å². The van der Waals surface area contributed by atoms with Gasteiger partial charge in [-0.1, -0.05) is 6.42 Å². The van der Waals surface area contributed by atoms with Crippen molar-refractivity contribution in [1.82, 2.24) is 4.90 Å². The minimum atomic E-state index is 0. The number of methoxy groups -OCH3 is 1. The van der Waals surface area contributed by atoms with Gasteiger partial charge in [0.15, 0.2) is 0 Å². The van der Waals surface area contributed by atoms with Gasteiger partial charge in [-0.2, -0.15) is 0 Å². The number of nitrogens with two attached hydrogens (primary N) is 1. The number of nitrogens with zero attached hydrogens (tertiary/aromatic N) is 1. The number of rotatable bonds is 6. The zero-order chi connectivity index (χ0) is 15.1. The van der Waals surface area contributed by atoms with Gasteiger partial charge in [-0.05, 0) is 38.5 Å². The first kappa shape index (κ1) is 19.7. The van der Waals surface area contributed by atoms with Gasteiger partial charge >= 0.3 is 0 Å². The Hall–Kier alpha value is -0.360. The first-order valence-electron chi connectivity index (χ1n) is 8.35. The van der Waals surface area contributed by atoms with Crippen molar-refractivity contribution in [3.8, 4) is 0 Å². The smallest absolute Gasteiger partial charge is 0.225 e. The lowest BCUT2D eigenvalue weighted by atomic mass is 9.85. The predicted octanol–water partition coefficient (Wildman–Crippen LogP) is 1.97. The molecule has 22 heavy (non-hydrogen) atoms. The summed E-state index contributed by atoms with van der Waals surface area (Å²) in [4.78, 5) is 14.5. The summed E-state index contributed by atoms with van der Waals surface area (Å²) in [6.07, 6.45) is 7.20. The zero-order valence-corrected chi connectivity index (χ0v) is 14.5. The predicted molar refractivity (Wildman–Crippen MR) is 89.2 cm³/mol. The van der Waals surface area contributed by atoms with Crippen LogP contribution in [0.1, 0.15) is 44.9 Å². The van der Waals surface area contributed by atoms with Gasteiger partial charge in [0.05, 0.1) is 6.10 Å². The van der Waals surface area contributed by atoms with Crippen LogP contribution in [-0.2, 0) is 14.3 Å². The van der Waals surface area contributed by atoms with Crippen molar-refractivity contribution in [1.29, 1.82) is 0 Å². The highest BCUT2D eigenvalue weighted by Crippen LogP contribution is 2.26. The molecule has 1 aliphatic carbocycles. The Balaban J connectivity index is 0.00000242. The Morgan fingerprint density at radius 3 is 2.55 bits per heavy atom. The van der Waals surface area contributed by atoms with Crippen molar-refractivity contribution in [2.24, 2.45) is 11.7 Å². The second-order valence-electron chi connectivity index (χ2n) is 6.37. The number of hydrogen-bond acceptors (Lipinski definition) is 4. The van der Waals surface area contributed by atoms with E-state index in [9.17, 15) is 4.79 Å². The quantitative estimate of drug-likeness (QED) is 0.754. The van der Waals surface area contributed by atoms with E-state index in [1.165, 1.54) is 0 Å². The minimum absolute atomic E-state index is 0. The molecule has 2 atom stereocenters. The number of hydrogen-bond donors (Lipinski definition) is 1. The number of carbonyl (C=O) groups is 1. The molecule has 1 saturated heterocycles. The number of carbonyl (C=O) groups excluding carboxylic acids is 1. The van der Waals surface area contributed by atoms with Crippen LogP contribution >= 0.6 is 12.4 Å². The van der Waals surface area contributed by atoms with Crippen LogP contribution in [0.25, 0.3) is 0 Å². The fourth-order valence-corrected chi connectivity index (χ4v) is 3.41. The van der Waals surface area contributed by atoms with Crippen LogP contribution in [0.3, 0.4) is 0 Å². The van der Waals surface area contributed by atoms with Gasteiger partial charge in [0.25, 0.3) is 0 Å². The third kappa shape index (κ3) is 6.03. The number of amides is 1. The van der Waals surface area contributed by atoms with Gasteiger partial charge in [0.1, 0.15) is 0 Å². The Morgan fingerprint density at radius 2 is 1.91 bits per heavy atom. The van der Waals surface area contributed by atoms with E-state index in [4.69, 9.17) is 15.2 Å². The summed E-state index contributed by atoms with van der Waals surface area (Å²) in [5, 5.41) is 0. The van der Waals surface area contributed by atoms with Crippen LogP contribution in [0.2, 0.25) is 0 Å². The van der Waals surface area contributed by atoms with Crippen molar-refractivity contribution in [2.45, 2.75) is 57.1 Å². The third-order valence-electron chi connectivity index (χ3n) is 4.66. The van der Waals surface area contributed by atoms with Gasteiger partial charge in [-0.25, -0.2) is 0 Å². The van der Waals surface area contributed by atoms with E-state index in [0.29, 0.717) is 12.0 Å². The summed E-state index contributed by atoms with van der Waals surface area (Å²) in [7, 11) is 1.71. The molecule has 130 valence electrons. The Labute approximate surface area is 140 Å². The molecular formula is C16H31ClN2O3. The van der Waals surface area contributed by atoms with Crippen molar-refractivity contribution in [3.05, 3.63) is 0 Å². The molecule has 2 aliphatic rings. The molecule has 5 nitrogen and oxygen atoms in total. The number of halogens is 1. The van der Waals surface area contributed by atoms with E-state index in [0.717, 1.165) is 71.2 Å². The Bertz CT molecular complexity index is 323. The summed E-state index contributed by atoms with van der Waals surface area (Å²) < 4.78 is 10.9. The summed E-state index contributed by atoms with van der Waals surface area (Å²) in [5.41, 5.74) is 5.99. The highest BCUT2D eigenvalue weighted by atomic mass is 35.5. The zero-order valence-electron chi connectivity index (χ0n) is 13.7. The van der Waals surface area contributed by atoms with E-state index < -0.39 is 0 Å². The van der Waals surface area contributed by atoms with E-state index in [1.54, 1.807) is 7.11 Å². The lowest BCUT2D eigenvalue weighted by Gasteiger charge is -2.36. The molecule has 1 amide bonds. The summed E-state index contributed by atoms with van der Waals surface area (Å²) in [6.45, 7) is 3.17. The molecule has 2 N–H and O–H groups in total. The van der Waals surface area contributed by atoms with E-state index in [-0.39, 0.29) is 24.4 Å². The summed E-state index contributed by atoms with van der Waals surface area (Å²) in [5.74, 6) is 0.482. The average Bonchev–Trinajstić information content (AvgIpc) is 2.51. The highest BCUT2D eigenvalue weighted by Gasteiger charge is 2.31. The van der Waals surface area contributed by atoms with Gasteiger partial charge in [0.2, 0.25) is 5.91 Å². The molecule has 0 aromatic carbocycles.